The van der Waals surface area contributed by atoms with Crippen molar-refractivity contribution < 1.29 is 9.21 Å². The predicted octanol–water partition coefficient (Wildman–Crippen LogP) is 3.16. The topological polar surface area (TPSA) is 59.2 Å². The summed E-state index contributed by atoms with van der Waals surface area (Å²) >= 11 is 3.26. The summed E-state index contributed by atoms with van der Waals surface area (Å²) in [6.07, 6.45) is 5.19. The molecular formula is C15H16BrN3O2. The SMILES string of the molecule is Cc1cc(Br)oc1C(=O)N1CCC(c2ccncn2)CC1. The van der Waals surface area contributed by atoms with Crippen LogP contribution in [0.2, 0.25) is 0 Å². The average Bonchev–Trinajstić information content (AvgIpc) is 2.86. The number of amides is 1. The van der Waals surface area contributed by atoms with Crippen molar-refractivity contribution in [3.05, 3.63) is 46.3 Å². The Balaban J connectivity index is 1.66. The fourth-order valence-electron chi connectivity index (χ4n) is 2.72. The number of hydrogen-bond acceptors (Lipinski definition) is 4. The van der Waals surface area contributed by atoms with Crippen molar-refractivity contribution in [1.82, 2.24) is 14.9 Å². The first-order valence-corrected chi connectivity index (χ1v) is 7.75. The number of hydrogen-bond donors (Lipinski definition) is 0. The van der Waals surface area contributed by atoms with Crippen LogP contribution < -0.4 is 0 Å². The molecule has 0 atom stereocenters. The molecule has 1 fully saturated rings. The van der Waals surface area contributed by atoms with Crippen molar-refractivity contribution in [2.75, 3.05) is 13.1 Å². The number of furan rings is 1. The van der Waals surface area contributed by atoms with Gasteiger partial charge in [-0.1, -0.05) is 0 Å². The van der Waals surface area contributed by atoms with Crippen LogP contribution in [0, 0.1) is 6.92 Å². The Kier molecular flexibility index (Phi) is 4.05. The Labute approximate surface area is 131 Å². The van der Waals surface area contributed by atoms with Gasteiger partial charge in [-0.2, -0.15) is 0 Å². The van der Waals surface area contributed by atoms with Crippen LogP contribution in [0.25, 0.3) is 0 Å². The molecule has 1 aliphatic heterocycles. The van der Waals surface area contributed by atoms with Gasteiger partial charge in [-0.05, 0) is 47.8 Å². The van der Waals surface area contributed by atoms with Crippen molar-refractivity contribution in [1.29, 1.82) is 0 Å². The van der Waals surface area contributed by atoms with Crippen molar-refractivity contribution in [2.24, 2.45) is 0 Å². The van der Waals surface area contributed by atoms with E-state index in [0.29, 0.717) is 16.3 Å². The Hall–Kier alpha value is -1.69. The number of nitrogens with zero attached hydrogens (tertiary/aromatic N) is 3. The van der Waals surface area contributed by atoms with E-state index in [-0.39, 0.29) is 5.91 Å². The lowest BCUT2D eigenvalue weighted by Gasteiger charge is -2.31. The predicted molar refractivity (Wildman–Crippen MR) is 81.1 cm³/mol. The quantitative estimate of drug-likeness (QED) is 0.835. The summed E-state index contributed by atoms with van der Waals surface area (Å²) in [5.74, 6) is 0.809. The molecule has 3 rings (SSSR count). The minimum absolute atomic E-state index is 0.0284. The molecule has 0 N–H and O–H groups in total. The zero-order chi connectivity index (χ0) is 14.8. The van der Waals surface area contributed by atoms with E-state index in [2.05, 4.69) is 25.9 Å². The highest BCUT2D eigenvalue weighted by molar-refractivity contribution is 9.10. The molecule has 0 bridgehead atoms. The minimum atomic E-state index is -0.0284. The summed E-state index contributed by atoms with van der Waals surface area (Å²) in [7, 11) is 0. The molecule has 0 aliphatic carbocycles. The molecule has 0 unspecified atom stereocenters. The Morgan fingerprint density at radius 1 is 1.43 bits per heavy atom. The molecule has 2 aromatic rings. The summed E-state index contributed by atoms with van der Waals surface area (Å²) in [5, 5.41) is 0. The summed E-state index contributed by atoms with van der Waals surface area (Å²) in [4.78, 5) is 22.6. The summed E-state index contributed by atoms with van der Waals surface area (Å²) < 4.78 is 6.04. The highest BCUT2D eigenvalue weighted by Crippen LogP contribution is 2.28. The minimum Gasteiger partial charge on any atom is -0.444 e. The van der Waals surface area contributed by atoms with Crippen molar-refractivity contribution >= 4 is 21.8 Å². The molecule has 6 heteroatoms. The van der Waals surface area contributed by atoms with Crippen LogP contribution in [0.5, 0.6) is 0 Å². The lowest BCUT2D eigenvalue weighted by atomic mass is 9.93. The van der Waals surface area contributed by atoms with Crippen LogP contribution in [-0.2, 0) is 0 Å². The summed E-state index contributed by atoms with van der Waals surface area (Å²) in [6.45, 7) is 3.34. The fourth-order valence-corrected chi connectivity index (χ4v) is 3.23. The molecule has 0 aromatic carbocycles. The van der Waals surface area contributed by atoms with Gasteiger partial charge in [0.1, 0.15) is 6.33 Å². The van der Waals surface area contributed by atoms with E-state index in [4.69, 9.17) is 4.42 Å². The second-order valence-corrected chi connectivity index (χ2v) is 6.04. The second-order valence-electron chi connectivity index (χ2n) is 5.26. The lowest BCUT2D eigenvalue weighted by Crippen LogP contribution is -2.38. The second kappa shape index (κ2) is 5.97. The third-order valence-corrected chi connectivity index (χ3v) is 4.28. The van der Waals surface area contributed by atoms with E-state index in [1.54, 1.807) is 12.5 Å². The van der Waals surface area contributed by atoms with Gasteiger partial charge >= 0.3 is 0 Å². The van der Waals surface area contributed by atoms with Crippen LogP contribution in [-0.4, -0.2) is 33.9 Å². The third kappa shape index (κ3) is 3.00. The molecule has 1 saturated heterocycles. The van der Waals surface area contributed by atoms with Gasteiger partial charge in [0.2, 0.25) is 0 Å². The van der Waals surface area contributed by atoms with Gasteiger partial charge in [0.25, 0.3) is 5.91 Å². The first-order valence-electron chi connectivity index (χ1n) is 6.96. The van der Waals surface area contributed by atoms with Crippen LogP contribution in [0.1, 0.15) is 40.6 Å². The van der Waals surface area contributed by atoms with Crippen LogP contribution >= 0.6 is 15.9 Å². The Morgan fingerprint density at radius 2 is 2.19 bits per heavy atom. The van der Waals surface area contributed by atoms with Crippen molar-refractivity contribution in [3.63, 3.8) is 0 Å². The van der Waals surface area contributed by atoms with Gasteiger partial charge in [0.05, 0.1) is 0 Å². The van der Waals surface area contributed by atoms with E-state index < -0.39 is 0 Å². The number of aryl methyl sites for hydroxylation is 1. The molecule has 0 saturated carbocycles. The zero-order valence-electron chi connectivity index (χ0n) is 11.8. The van der Waals surface area contributed by atoms with Gasteiger partial charge in [-0.25, -0.2) is 9.97 Å². The van der Waals surface area contributed by atoms with Crippen molar-refractivity contribution in [2.45, 2.75) is 25.7 Å². The van der Waals surface area contributed by atoms with E-state index in [9.17, 15) is 4.79 Å². The smallest absolute Gasteiger partial charge is 0.289 e. The Morgan fingerprint density at radius 3 is 2.76 bits per heavy atom. The number of piperidine rings is 1. The van der Waals surface area contributed by atoms with Crippen LogP contribution in [0.4, 0.5) is 0 Å². The first-order chi connectivity index (χ1) is 10.1. The molecule has 1 amide bonds. The monoisotopic (exact) mass is 349 g/mol. The maximum absolute atomic E-state index is 12.5. The van der Waals surface area contributed by atoms with E-state index in [1.165, 1.54) is 0 Å². The zero-order valence-corrected chi connectivity index (χ0v) is 13.3. The van der Waals surface area contributed by atoms with Gasteiger partial charge < -0.3 is 9.32 Å². The lowest BCUT2D eigenvalue weighted by molar-refractivity contribution is 0.0677. The summed E-state index contributed by atoms with van der Waals surface area (Å²) in [6, 6.07) is 3.77. The summed E-state index contributed by atoms with van der Waals surface area (Å²) in [5.41, 5.74) is 1.93. The molecular weight excluding hydrogens is 334 g/mol. The fraction of sp³-hybridized carbons (Fsp3) is 0.400. The normalized spacial score (nSPS) is 16.2. The van der Waals surface area contributed by atoms with Crippen molar-refractivity contribution in [3.8, 4) is 0 Å². The molecule has 3 heterocycles. The van der Waals surface area contributed by atoms with Crippen LogP contribution in [0.15, 0.2) is 33.7 Å². The third-order valence-electron chi connectivity index (χ3n) is 3.89. The van der Waals surface area contributed by atoms with E-state index in [0.717, 1.165) is 37.2 Å². The van der Waals surface area contributed by atoms with Gasteiger partial charge in [0, 0.05) is 36.5 Å². The number of carbonyl (C=O) groups is 1. The van der Waals surface area contributed by atoms with Gasteiger partial charge in [-0.3, -0.25) is 4.79 Å². The van der Waals surface area contributed by atoms with E-state index in [1.807, 2.05) is 24.0 Å². The largest absolute Gasteiger partial charge is 0.444 e. The highest BCUT2D eigenvalue weighted by atomic mass is 79.9. The average molecular weight is 350 g/mol. The molecule has 1 aliphatic rings. The number of halogens is 1. The molecule has 0 radical (unpaired) electrons. The molecule has 5 nitrogen and oxygen atoms in total. The van der Waals surface area contributed by atoms with E-state index >= 15 is 0 Å². The maximum Gasteiger partial charge on any atom is 0.289 e. The number of carbonyl (C=O) groups excluding carboxylic acids is 1. The molecule has 2 aromatic heterocycles. The standard InChI is InChI=1S/C15H16BrN3O2/c1-10-8-13(16)21-14(10)15(20)19-6-3-11(4-7-19)12-2-5-17-9-18-12/h2,5,8-9,11H,3-4,6-7H2,1H3. The maximum atomic E-state index is 12.5. The van der Waals surface area contributed by atoms with Gasteiger partial charge in [-0.15, -0.1) is 0 Å². The number of aromatic nitrogens is 2. The van der Waals surface area contributed by atoms with Gasteiger partial charge in [0.15, 0.2) is 10.4 Å². The molecule has 110 valence electrons. The first kappa shape index (κ1) is 14.3. The number of likely N-dealkylation sites (tertiary alicyclic amines) is 1. The highest BCUT2D eigenvalue weighted by Gasteiger charge is 2.27. The molecule has 0 spiro atoms. The Bertz CT molecular complexity index is 634. The molecule has 21 heavy (non-hydrogen) atoms. The van der Waals surface area contributed by atoms with Crippen LogP contribution in [0.3, 0.4) is 0 Å². The number of rotatable bonds is 2.